The highest BCUT2D eigenvalue weighted by Gasteiger charge is 2.04. The maximum Gasteiger partial charge on any atom is 0.132 e. The number of hydrogen-bond acceptors (Lipinski definition) is 3. The van der Waals surface area contributed by atoms with Crippen molar-refractivity contribution in [1.29, 1.82) is 0 Å². The van der Waals surface area contributed by atoms with E-state index in [1.807, 2.05) is 12.1 Å². The zero-order valence-electron chi connectivity index (χ0n) is 7.78. The number of benzene rings is 1. The minimum absolute atomic E-state index is 0.441. The van der Waals surface area contributed by atoms with Crippen LogP contribution in [0.3, 0.4) is 0 Å². The quantitative estimate of drug-likeness (QED) is 0.809. The standard InChI is InChI=1S/C10H8BrClN2S/c11-8-3-1-2-7(4-8)5-9-13-14-10(6-12)15-9/h1-4H,5-6H2. The Labute approximate surface area is 105 Å². The molecule has 0 aliphatic carbocycles. The fourth-order valence-corrected chi connectivity index (χ4v) is 2.63. The predicted molar refractivity (Wildman–Crippen MR) is 66.4 cm³/mol. The molecule has 1 aromatic carbocycles. The summed E-state index contributed by atoms with van der Waals surface area (Å²) in [6.07, 6.45) is 0.813. The normalized spacial score (nSPS) is 10.5. The summed E-state index contributed by atoms with van der Waals surface area (Å²) in [5, 5.41) is 9.94. The van der Waals surface area contributed by atoms with Gasteiger partial charge in [-0.25, -0.2) is 0 Å². The van der Waals surface area contributed by atoms with E-state index in [1.165, 1.54) is 5.56 Å². The molecule has 0 aliphatic rings. The summed E-state index contributed by atoms with van der Waals surface area (Å²) in [5.41, 5.74) is 1.22. The summed E-state index contributed by atoms with van der Waals surface area (Å²) < 4.78 is 1.09. The van der Waals surface area contributed by atoms with Gasteiger partial charge in [-0.2, -0.15) is 0 Å². The number of alkyl halides is 1. The minimum atomic E-state index is 0.441. The molecule has 78 valence electrons. The fourth-order valence-electron chi connectivity index (χ4n) is 1.24. The van der Waals surface area contributed by atoms with Crippen LogP contribution >= 0.6 is 38.9 Å². The van der Waals surface area contributed by atoms with E-state index in [4.69, 9.17) is 11.6 Å². The molecule has 2 rings (SSSR count). The smallest absolute Gasteiger partial charge is 0.132 e. The molecule has 0 amide bonds. The molecule has 0 radical (unpaired) electrons. The average molecular weight is 304 g/mol. The van der Waals surface area contributed by atoms with Crippen LogP contribution in [0.25, 0.3) is 0 Å². The first-order chi connectivity index (χ1) is 7.28. The molecule has 0 saturated heterocycles. The summed E-state index contributed by atoms with van der Waals surface area (Å²) >= 11 is 10.7. The first kappa shape index (κ1) is 11.0. The third kappa shape index (κ3) is 3.00. The molecule has 0 N–H and O–H groups in total. The van der Waals surface area contributed by atoms with Crippen molar-refractivity contribution >= 4 is 38.9 Å². The van der Waals surface area contributed by atoms with E-state index in [1.54, 1.807) is 11.3 Å². The number of hydrogen-bond donors (Lipinski definition) is 0. The molecule has 0 spiro atoms. The van der Waals surface area contributed by atoms with Crippen LogP contribution < -0.4 is 0 Å². The van der Waals surface area contributed by atoms with Crippen molar-refractivity contribution in [2.75, 3.05) is 0 Å². The van der Waals surface area contributed by atoms with Crippen LogP contribution in [-0.4, -0.2) is 10.2 Å². The Morgan fingerprint density at radius 1 is 1.27 bits per heavy atom. The van der Waals surface area contributed by atoms with Crippen molar-refractivity contribution in [2.24, 2.45) is 0 Å². The van der Waals surface area contributed by atoms with Crippen LogP contribution in [0.5, 0.6) is 0 Å². The maximum atomic E-state index is 5.67. The lowest BCUT2D eigenvalue weighted by atomic mass is 10.2. The lowest BCUT2D eigenvalue weighted by Crippen LogP contribution is -1.86. The average Bonchev–Trinajstić information content (AvgIpc) is 2.65. The van der Waals surface area contributed by atoms with Gasteiger partial charge in [0, 0.05) is 10.9 Å². The second-order valence-corrected chi connectivity index (χ2v) is 5.36. The second-order valence-electron chi connectivity index (χ2n) is 3.03. The van der Waals surface area contributed by atoms with Crippen LogP contribution in [0.1, 0.15) is 15.6 Å². The Balaban J connectivity index is 2.14. The molecular weight excluding hydrogens is 296 g/mol. The maximum absolute atomic E-state index is 5.67. The first-order valence-corrected chi connectivity index (χ1v) is 6.54. The number of rotatable bonds is 3. The SMILES string of the molecule is ClCc1nnc(Cc2cccc(Br)c2)s1. The van der Waals surface area contributed by atoms with E-state index in [-0.39, 0.29) is 0 Å². The van der Waals surface area contributed by atoms with E-state index in [0.29, 0.717) is 5.88 Å². The third-order valence-corrected chi connectivity index (χ3v) is 3.70. The van der Waals surface area contributed by atoms with Gasteiger partial charge in [0.25, 0.3) is 0 Å². The predicted octanol–water partition coefficient (Wildman–Crippen LogP) is 3.63. The fraction of sp³-hybridized carbons (Fsp3) is 0.200. The zero-order chi connectivity index (χ0) is 10.7. The van der Waals surface area contributed by atoms with Crippen LogP contribution in [0.15, 0.2) is 28.7 Å². The highest BCUT2D eigenvalue weighted by Crippen LogP contribution is 2.18. The molecule has 5 heteroatoms. The van der Waals surface area contributed by atoms with Gasteiger partial charge in [-0.3, -0.25) is 0 Å². The molecule has 0 bridgehead atoms. The zero-order valence-corrected chi connectivity index (χ0v) is 10.9. The monoisotopic (exact) mass is 302 g/mol. The third-order valence-electron chi connectivity index (χ3n) is 1.87. The minimum Gasteiger partial charge on any atom is -0.143 e. The molecule has 0 aliphatic heterocycles. The highest BCUT2D eigenvalue weighted by molar-refractivity contribution is 9.10. The van der Waals surface area contributed by atoms with Crippen LogP contribution in [0.4, 0.5) is 0 Å². The summed E-state index contributed by atoms with van der Waals surface area (Å²) in [6.45, 7) is 0. The number of aromatic nitrogens is 2. The van der Waals surface area contributed by atoms with Gasteiger partial charge in [-0.1, -0.05) is 39.4 Å². The molecular formula is C10H8BrClN2S. The Morgan fingerprint density at radius 2 is 2.07 bits per heavy atom. The lowest BCUT2D eigenvalue weighted by Gasteiger charge is -1.97. The summed E-state index contributed by atoms with van der Waals surface area (Å²) in [5.74, 6) is 0.441. The number of halogens is 2. The van der Waals surface area contributed by atoms with Crippen molar-refractivity contribution in [3.63, 3.8) is 0 Å². The first-order valence-electron chi connectivity index (χ1n) is 4.39. The molecule has 0 unspecified atom stereocenters. The highest BCUT2D eigenvalue weighted by atomic mass is 79.9. The Hall–Kier alpha value is -0.450. The number of nitrogens with zero attached hydrogens (tertiary/aromatic N) is 2. The van der Waals surface area contributed by atoms with Gasteiger partial charge in [0.15, 0.2) is 0 Å². The second kappa shape index (κ2) is 5.05. The van der Waals surface area contributed by atoms with Gasteiger partial charge in [-0.05, 0) is 17.7 Å². The van der Waals surface area contributed by atoms with Crippen LogP contribution in [0, 0.1) is 0 Å². The van der Waals surface area contributed by atoms with E-state index in [0.717, 1.165) is 20.9 Å². The van der Waals surface area contributed by atoms with Crippen molar-refractivity contribution < 1.29 is 0 Å². The molecule has 0 atom stereocenters. The van der Waals surface area contributed by atoms with E-state index >= 15 is 0 Å². The van der Waals surface area contributed by atoms with Crippen molar-refractivity contribution in [1.82, 2.24) is 10.2 Å². The molecule has 15 heavy (non-hydrogen) atoms. The molecule has 1 heterocycles. The molecule has 0 fully saturated rings. The van der Waals surface area contributed by atoms with E-state index in [9.17, 15) is 0 Å². The van der Waals surface area contributed by atoms with E-state index in [2.05, 4.69) is 38.3 Å². The van der Waals surface area contributed by atoms with Gasteiger partial charge in [-0.15, -0.1) is 21.8 Å². The Morgan fingerprint density at radius 3 is 2.73 bits per heavy atom. The van der Waals surface area contributed by atoms with Gasteiger partial charge in [0.1, 0.15) is 10.0 Å². The van der Waals surface area contributed by atoms with Gasteiger partial charge < -0.3 is 0 Å². The summed E-state index contributed by atoms with van der Waals surface area (Å²) in [7, 11) is 0. The summed E-state index contributed by atoms with van der Waals surface area (Å²) in [4.78, 5) is 0. The van der Waals surface area contributed by atoms with Crippen molar-refractivity contribution in [2.45, 2.75) is 12.3 Å². The van der Waals surface area contributed by atoms with Crippen LogP contribution in [0.2, 0.25) is 0 Å². The lowest BCUT2D eigenvalue weighted by molar-refractivity contribution is 0.976. The Bertz CT molecular complexity index is 458. The van der Waals surface area contributed by atoms with Crippen molar-refractivity contribution in [3.05, 3.63) is 44.3 Å². The van der Waals surface area contributed by atoms with Gasteiger partial charge >= 0.3 is 0 Å². The molecule has 0 saturated carbocycles. The van der Waals surface area contributed by atoms with E-state index < -0.39 is 0 Å². The van der Waals surface area contributed by atoms with Crippen molar-refractivity contribution in [3.8, 4) is 0 Å². The van der Waals surface area contributed by atoms with Crippen LogP contribution in [-0.2, 0) is 12.3 Å². The molecule has 2 nitrogen and oxygen atoms in total. The van der Waals surface area contributed by atoms with Gasteiger partial charge in [0.05, 0.1) is 5.88 Å². The largest absolute Gasteiger partial charge is 0.143 e. The van der Waals surface area contributed by atoms with Gasteiger partial charge in [0.2, 0.25) is 0 Å². The molecule has 1 aromatic heterocycles. The topological polar surface area (TPSA) is 25.8 Å². The summed E-state index contributed by atoms with van der Waals surface area (Å²) in [6, 6.07) is 8.19. The Kier molecular flexibility index (Phi) is 3.72. The molecule has 2 aromatic rings.